The van der Waals surface area contributed by atoms with E-state index in [4.69, 9.17) is 42.4 Å². The molecule has 4 aromatic rings. The van der Waals surface area contributed by atoms with Crippen molar-refractivity contribution in [3.05, 3.63) is 105 Å². The molecule has 240 valence electrons. The van der Waals surface area contributed by atoms with Crippen LogP contribution in [-0.4, -0.2) is 44.8 Å². The molecule has 4 aromatic carbocycles. The summed E-state index contributed by atoms with van der Waals surface area (Å²) in [6, 6.07) is 16.6. The Morgan fingerprint density at radius 3 is 2.43 bits per heavy atom. The maximum absolute atomic E-state index is 14.5. The standard InChI is InChI=1S/C32H25Cl2F4N3O5/c1-43-20-8-7-18(28(15-20)44-2)17-45-40-12-11-39-30(42)24-10-9-23(21-5-3-4-6-22(21)24)27-16-31(46-41-27,32(36,37)38)19-13-25(33)29(35)26(34)14-19/h3-10,12-15H,11,16-17H2,1-2H3,(H,39,42). The third-order valence-electron chi connectivity index (χ3n) is 7.33. The van der Waals surface area contributed by atoms with Crippen molar-refractivity contribution in [2.45, 2.75) is 24.8 Å². The van der Waals surface area contributed by atoms with E-state index in [1.165, 1.54) is 25.5 Å². The number of hydrogen-bond donors (Lipinski definition) is 1. The van der Waals surface area contributed by atoms with E-state index in [-0.39, 0.29) is 24.4 Å². The first-order chi connectivity index (χ1) is 22.0. The molecule has 0 aromatic heterocycles. The van der Waals surface area contributed by atoms with E-state index in [2.05, 4.69) is 15.6 Å². The molecular formula is C32H25Cl2F4N3O5. The fraction of sp³-hybridized carbons (Fsp3) is 0.219. The van der Waals surface area contributed by atoms with Gasteiger partial charge >= 0.3 is 6.18 Å². The van der Waals surface area contributed by atoms with E-state index < -0.39 is 45.5 Å². The van der Waals surface area contributed by atoms with Crippen LogP contribution in [0.3, 0.4) is 0 Å². The molecule has 1 N–H and O–H groups in total. The van der Waals surface area contributed by atoms with Crippen LogP contribution in [0.4, 0.5) is 17.6 Å². The van der Waals surface area contributed by atoms with Gasteiger partial charge in [0.05, 0.1) is 42.7 Å². The largest absolute Gasteiger partial charge is 0.497 e. The van der Waals surface area contributed by atoms with Gasteiger partial charge in [0.1, 0.15) is 18.1 Å². The number of ether oxygens (including phenoxy) is 2. The smallest absolute Gasteiger partial charge is 0.435 e. The number of alkyl halides is 3. The Bertz CT molecular complexity index is 1830. The van der Waals surface area contributed by atoms with Gasteiger partial charge in [0.25, 0.3) is 11.5 Å². The van der Waals surface area contributed by atoms with E-state index >= 15 is 0 Å². The molecule has 5 rings (SSSR count). The first-order valence-electron chi connectivity index (χ1n) is 13.6. The lowest BCUT2D eigenvalue weighted by Crippen LogP contribution is -2.42. The van der Waals surface area contributed by atoms with Crippen molar-refractivity contribution in [3.8, 4) is 11.5 Å². The summed E-state index contributed by atoms with van der Waals surface area (Å²) < 4.78 is 68.1. The molecule has 0 fully saturated rings. The van der Waals surface area contributed by atoms with E-state index in [0.29, 0.717) is 27.8 Å². The maximum Gasteiger partial charge on any atom is 0.435 e. The second-order valence-corrected chi connectivity index (χ2v) is 10.9. The fourth-order valence-electron chi connectivity index (χ4n) is 4.99. The quantitative estimate of drug-likeness (QED) is 0.0800. The lowest BCUT2D eigenvalue weighted by atomic mass is 9.85. The topological polar surface area (TPSA) is 90.7 Å². The predicted molar refractivity (Wildman–Crippen MR) is 166 cm³/mol. The summed E-state index contributed by atoms with van der Waals surface area (Å²) in [4.78, 5) is 23.5. The summed E-state index contributed by atoms with van der Waals surface area (Å²) >= 11 is 11.6. The van der Waals surface area contributed by atoms with Crippen LogP contribution in [-0.2, 0) is 21.9 Å². The zero-order valence-corrected chi connectivity index (χ0v) is 25.8. The average molecular weight is 678 g/mol. The Morgan fingerprint density at radius 2 is 1.76 bits per heavy atom. The summed E-state index contributed by atoms with van der Waals surface area (Å²) in [5, 5.41) is 10.2. The number of hydrogen-bond acceptors (Lipinski definition) is 7. The molecule has 1 heterocycles. The highest BCUT2D eigenvalue weighted by Gasteiger charge is 2.62. The molecule has 1 unspecified atom stereocenters. The Balaban J connectivity index is 1.31. The Labute approximate surface area is 270 Å². The van der Waals surface area contributed by atoms with Gasteiger partial charge in [-0.2, -0.15) is 13.2 Å². The lowest BCUT2D eigenvalue weighted by molar-refractivity contribution is -0.275. The zero-order chi connectivity index (χ0) is 33.1. The number of nitrogens with one attached hydrogen (secondary N) is 1. The van der Waals surface area contributed by atoms with Crippen molar-refractivity contribution >= 4 is 51.8 Å². The molecular weight excluding hydrogens is 653 g/mol. The van der Waals surface area contributed by atoms with Gasteiger partial charge in [-0.3, -0.25) is 4.79 Å². The van der Waals surface area contributed by atoms with Crippen LogP contribution in [0.25, 0.3) is 10.8 Å². The monoisotopic (exact) mass is 677 g/mol. The summed E-state index contributed by atoms with van der Waals surface area (Å²) in [5.74, 6) is -0.291. The van der Waals surface area contributed by atoms with Crippen LogP contribution >= 0.6 is 23.2 Å². The SMILES string of the molecule is COc1ccc(CON=CCNC(=O)c2ccc(C3=NOC(c4cc(Cl)c(F)c(Cl)c4)(C(F)(F)F)C3)c3ccccc23)c(OC)c1. The average Bonchev–Trinajstić information content (AvgIpc) is 3.51. The number of amides is 1. The molecule has 46 heavy (non-hydrogen) atoms. The molecule has 0 aliphatic carbocycles. The fourth-order valence-corrected chi connectivity index (χ4v) is 5.47. The predicted octanol–water partition coefficient (Wildman–Crippen LogP) is 7.82. The Hall–Kier alpha value is -4.55. The number of fused-ring (bicyclic) bond motifs is 1. The third-order valence-corrected chi connectivity index (χ3v) is 7.88. The molecule has 0 saturated carbocycles. The van der Waals surface area contributed by atoms with Gasteiger partial charge in [-0.15, -0.1) is 0 Å². The summed E-state index contributed by atoms with van der Waals surface area (Å²) in [5.41, 5.74) is -2.15. The van der Waals surface area contributed by atoms with Crippen LogP contribution in [0, 0.1) is 5.82 Å². The van der Waals surface area contributed by atoms with Crippen molar-refractivity contribution in [1.82, 2.24) is 5.32 Å². The maximum atomic E-state index is 14.5. The number of benzene rings is 4. The minimum Gasteiger partial charge on any atom is -0.497 e. The van der Waals surface area contributed by atoms with E-state index in [1.807, 2.05) is 0 Å². The Morgan fingerprint density at radius 1 is 1.04 bits per heavy atom. The number of halogens is 6. The van der Waals surface area contributed by atoms with Crippen molar-refractivity contribution in [2.24, 2.45) is 10.3 Å². The highest BCUT2D eigenvalue weighted by Crippen LogP contribution is 2.50. The number of carbonyl (C=O) groups is 1. The molecule has 0 spiro atoms. The molecule has 1 aliphatic heterocycles. The molecule has 1 aliphatic rings. The van der Waals surface area contributed by atoms with Crippen LogP contribution in [0.15, 0.2) is 77.0 Å². The van der Waals surface area contributed by atoms with Gasteiger partial charge in [0.15, 0.2) is 5.82 Å². The lowest BCUT2D eigenvalue weighted by Gasteiger charge is -2.29. The minimum absolute atomic E-state index is 0.0326. The van der Waals surface area contributed by atoms with E-state index in [0.717, 1.165) is 17.7 Å². The van der Waals surface area contributed by atoms with Crippen molar-refractivity contribution in [3.63, 3.8) is 0 Å². The summed E-state index contributed by atoms with van der Waals surface area (Å²) in [6.45, 7) is 0.153. The van der Waals surface area contributed by atoms with E-state index in [1.54, 1.807) is 49.6 Å². The van der Waals surface area contributed by atoms with Crippen molar-refractivity contribution in [2.75, 3.05) is 20.8 Å². The first kappa shape index (κ1) is 32.8. The zero-order valence-electron chi connectivity index (χ0n) is 24.3. The summed E-state index contributed by atoms with van der Waals surface area (Å²) in [7, 11) is 3.07. The Kier molecular flexibility index (Phi) is 9.59. The number of oxime groups is 2. The molecule has 14 heteroatoms. The molecule has 0 saturated heterocycles. The van der Waals surface area contributed by atoms with Gasteiger partial charge < -0.3 is 24.5 Å². The van der Waals surface area contributed by atoms with Gasteiger partial charge in [0.2, 0.25) is 0 Å². The second kappa shape index (κ2) is 13.4. The van der Waals surface area contributed by atoms with Crippen LogP contribution < -0.4 is 14.8 Å². The van der Waals surface area contributed by atoms with E-state index in [9.17, 15) is 22.4 Å². The second-order valence-electron chi connectivity index (χ2n) is 10.0. The molecule has 0 bridgehead atoms. The van der Waals surface area contributed by atoms with Gasteiger partial charge in [-0.05, 0) is 41.1 Å². The molecule has 1 amide bonds. The van der Waals surface area contributed by atoms with Gasteiger partial charge in [-0.1, -0.05) is 63.8 Å². The van der Waals surface area contributed by atoms with Gasteiger partial charge in [-0.25, -0.2) is 4.39 Å². The highest BCUT2D eigenvalue weighted by molar-refractivity contribution is 6.35. The highest BCUT2D eigenvalue weighted by atomic mass is 35.5. The first-order valence-corrected chi connectivity index (χ1v) is 14.4. The van der Waals surface area contributed by atoms with Crippen LogP contribution in [0.1, 0.15) is 33.5 Å². The summed E-state index contributed by atoms with van der Waals surface area (Å²) in [6.07, 6.45) is -4.34. The molecule has 0 radical (unpaired) electrons. The van der Waals surface area contributed by atoms with Crippen molar-refractivity contribution < 1.29 is 41.5 Å². The van der Waals surface area contributed by atoms with Gasteiger partial charge in [0, 0.05) is 34.7 Å². The third kappa shape index (κ3) is 6.40. The number of carbonyl (C=O) groups excluding carboxylic acids is 1. The molecule has 1 atom stereocenters. The minimum atomic E-state index is -4.97. The number of methoxy groups -OCH3 is 2. The van der Waals surface area contributed by atoms with Crippen LogP contribution in [0.5, 0.6) is 11.5 Å². The van der Waals surface area contributed by atoms with Crippen LogP contribution in [0.2, 0.25) is 10.0 Å². The molecule has 8 nitrogen and oxygen atoms in total. The normalized spacial score (nSPS) is 16.3. The number of nitrogens with zero attached hydrogens (tertiary/aromatic N) is 2. The number of rotatable bonds is 10. The van der Waals surface area contributed by atoms with Crippen molar-refractivity contribution in [1.29, 1.82) is 0 Å².